The van der Waals surface area contributed by atoms with Crippen LogP contribution >= 0.6 is 28.1 Å². The Labute approximate surface area is 125 Å². The molecule has 0 atom stereocenters. The van der Waals surface area contributed by atoms with E-state index in [-0.39, 0.29) is 4.99 Å². The van der Waals surface area contributed by atoms with E-state index in [1.54, 1.807) is 6.20 Å². The first kappa shape index (κ1) is 14.0. The van der Waals surface area contributed by atoms with E-state index in [1.807, 2.05) is 37.3 Å². The fourth-order valence-electron chi connectivity index (χ4n) is 1.66. The highest BCUT2D eigenvalue weighted by Gasteiger charge is 2.08. The zero-order valence-corrected chi connectivity index (χ0v) is 12.8. The molecule has 1 aromatic heterocycles. The van der Waals surface area contributed by atoms with Gasteiger partial charge in [-0.2, -0.15) is 0 Å². The Morgan fingerprint density at radius 2 is 2.21 bits per heavy atom. The van der Waals surface area contributed by atoms with Crippen molar-refractivity contribution in [2.45, 2.75) is 13.5 Å². The summed E-state index contributed by atoms with van der Waals surface area (Å²) in [5, 5.41) is 0. The second-order valence-corrected chi connectivity index (χ2v) is 5.43. The molecular formula is C14H13BrN2OS. The molecule has 0 radical (unpaired) electrons. The highest BCUT2D eigenvalue weighted by molar-refractivity contribution is 9.10. The van der Waals surface area contributed by atoms with Gasteiger partial charge in [-0.1, -0.05) is 40.3 Å². The number of pyridine rings is 1. The summed E-state index contributed by atoms with van der Waals surface area (Å²) in [5.74, 6) is 0.826. The van der Waals surface area contributed by atoms with E-state index in [0.29, 0.717) is 12.3 Å². The minimum Gasteiger partial charge on any atom is -0.489 e. The van der Waals surface area contributed by atoms with Gasteiger partial charge in [0.2, 0.25) is 0 Å². The summed E-state index contributed by atoms with van der Waals surface area (Å²) in [5.41, 5.74) is 8.22. The number of ether oxygens (including phenoxy) is 1. The average molecular weight is 337 g/mol. The summed E-state index contributed by atoms with van der Waals surface area (Å²) >= 11 is 8.41. The van der Waals surface area contributed by atoms with Gasteiger partial charge in [0.05, 0.1) is 0 Å². The summed E-state index contributed by atoms with van der Waals surface area (Å²) in [6.07, 6.45) is 1.67. The molecule has 0 amide bonds. The van der Waals surface area contributed by atoms with E-state index in [2.05, 4.69) is 20.9 Å². The largest absolute Gasteiger partial charge is 0.489 e. The van der Waals surface area contributed by atoms with Crippen molar-refractivity contribution in [3.05, 3.63) is 57.8 Å². The van der Waals surface area contributed by atoms with Gasteiger partial charge in [-0.05, 0) is 30.7 Å². The molecule has 0 fully saturated rings. The predicted molar refractivity (Wildman–Crippen MR) is 83.3 cm³/mol. The van der Waals surface area contributed by atoms with Gasteiger partial charge < -0.3 is 10.5 Å². The van der Waals surface area contributed by atoms with E-state index in [0.717, 1.165) is 21.3 Å². The molecule has 2 rings (SSSR count). The minimum atomic E-state index is 0.283. The first-order valence-corrected chi connectivity index (χ1v) is 6.90. The molecule has 0 aliphatic carbocycles. The lowest BCUT2D eigenvalue weighted by molar-refractivity contribution is 0.303. The number of aromatic nitrogens is 1. The van der Waals surface area contributed by atoms with Crippen LogP contribution in [0.1, 0.15) is 16.8 Å². The van der Waals surface area contributed by atoms with Crippen molar-refractivity contribution in [3.8, 4) is 5.75 Å². The van der Waals surface area contributed by atoms with Crippen LogP contribution in [-0.2, 0) is 6.61 Å². The molecule has 0 saturated carbocycles. The summed E-state index contributed by atoms with van der Waals surface area (Å²) in [7, 11) is 0. The lowest BCUT2D eigenvalue weighted by Crippen LogP contribution is -2.15. The molecule has 0 aliphatic heterocycles. The van der Waals surface area contributed by atoms with E-state index in [9.17, 15) is 0 Å². The van der Waals surface area contributed by atoms with Gasteiger partial charge in [0.15, 0.2) is 0 Å². The molecule has 0 unspecified atom stereocenters. The van der Waals surface area contributed by atoms with Crippen LogP contribution < -0.4 is 10.5 Å². The molecule has 5 heteroatoms. The first-order chi connectivity index (χ1) is 9.08. The quantitative estimate of drug-likeness (QED) is 0.869. The number of benzene rings is 1. The molecule has 1 aromatic carbocycles. The van der Waals surface area contributed by atoms with Crippen LogP contribution in [0.25, 0.3) is 0 Å². The normalized spacial score (nSPS) is 10.2. The highest BCUT2D eigenvalue weighted by atomic mass is 79.9. The van der Waals surface area contributed by atoms with E-state index in [4.69, 9.17) is 22.7 Å². The number of nitrogens with zero attached hydrogens (tertiary/aromatic N) is 1. The van der Waals surface area contributed by atoms with Crippen LogP contribution in [0.2, 0.25) is 0 Å². The number of nitrogens with two attached hydrogens (primary N) is 1. The van der Waals surface area contributed by atoms with Crippen molar-refractivity contribution in [1.29, 1.82) is 0 Å². The van der Waals surface area contributed by atoms with Crippen LogP contribution in [-0.4, -0.2) is 9.97 Å². The third-order valence-electron chi connectivity index (χ3n) is 2.66. The fraction of sp³-hybridized carbons (Fsp3) is 0.143. The van der Waals surface area contributed by atoms with Gasteiger partial charge in [0.1, 0.15) is 23.0 Å². The van der Waals surface area contributed by atoms with Gasteiger partial charge in [-0.15, -0.1) is 0 Å². The first-order valence-electron chi connectivity index (χ1n) is 5.70. The number of hydrogen-bond acceptors (Lipinski definition) is 3. The molecule has 0 saturated heterocycles. The maximum Gasteiger partial charge on any atom is 0.123 e. The van der Waals surface area contributed by atoms with Gasteiger partial charge >= 0.3 is 0 Å². The van der Waals surface area contributed by atoms with Crippen LogP contribution in [0, 0.1) is 6.92 Å². The Morgan fingerprint density at radius 3 is 2.95 bits per heavy atom. The number of halogens is 1. The fourth-order valence-corrected chi connectivity index (χ4v) is 2.19. The van der Waals surface area contributed by atoms with Gasteiger partial charge in [-0.3, -0.25) is 4.98 Å². The topological polar surface area (TPSA) is 48.1 Å². The van der Waals surface area contributed by atoms with Crippen LogP contribution in [0.4, 0.5) is 0 Å². The number of rotatable bonds is 4. The molecule has 2 aromatic rings. The molecule has 0 spiro atoms. The van der Waals surface area contributed by atoms with Crippen LogP contribution in [0.3, 0.4) is 0 Å². The summed E-state index contributed by atoms with van der Waals surface area (Å²) < 4.78 is 6.79. The average Bonchev–Trinajstić information content (AvgIpc) is 2.40. The van der Waals surface area contributed by atoms with Crippen molar-refractivity contribution in [2.24, 2.45) is 5.73 Å². The number of aryl methyl sites for hydroxylation is 1. The zero-order chi connectivity index (χ0) is 13.8. The Morgan fingerprint density at radius 1 is 1.42 bits per heavy atom. The molecular weight excluding hydrogens is 324 g/mol. The smallest absolute Gasteiger partial charge is 0.123 e. The third kappa shape index (κ3) is 3.52. The van der Waals surface area contributed by atoms with Gasteiger partial charge in [-0.25, -0.2) is 0 Å². The Hall–Kier alpha value is -1.46. The van der Waals surface area contributed by atoms with Crippen molar-refractivity contribution in [3.63, 3.8) is 0 Å². The van der Waals surface area contributed by atoms with Crippen LogP contribution in [0.5, 0.6) is 5.75 Å². The lowest BCUT2D eigenvalue weighted by Gasteiger charge is -2.11. The second kappa shape index (κ2) is 6.12. The van der Waals surface area contributed by atoms with Crippen molar-refractivity contribution in [2.75, 3.05) is 0 Å². The Kier molecular flexibility index (Phi) is 4.50. The van der Waals surface area contributed by atoms with E-state index < -0.39 is 0 Å². The summed E-state index contributed by atoms with van der Waals surface area (Å²) in [6, 6.07) is 9.67. The molecule has 98 valence electrons. The molecule has 2 N–H and O–H groups in total. The highest BCUT2D eigenvalue weighted by Crippen LogP contribution is 2.24. The standard InChI is InChI=1S/C14H13BrN2OS/c1-9-4-5-11(15)7-12(9)18-8-10-3-2-6-17-13(10)14(16)19/h2-7H,8H2,1H3,(H2,16,19). The molecule has 0 bridgehead atoms. The van der Waals surface area contributed by atoms with Gasteiger partial charge in [0, 0.05) is 16.2 Å². The summed E-state index contributed by atoms with van der Waals surface area (Å²) in [4.78, 5) is 4.46. The molecule has 1 heterocycles. The predicted octanol–water partition coefficient (Wildman–Crippen LogP) is 3.37. The molecule has 19 heavy (non-hydrogen) atoms. The van der Waals surface area contributed by atoms with E-state index >= 15 is 0 Å². The Balaban J connectivity index is 2.19. The van der Waals surface area contributed by atoms with E-state index in [1.165, 1.54) is 0 Å². The van der Waals surface area contributed by atoms with Gasteiger partial charge in [0.25, 0.3) is 0 Å². The monoisotopic (exact) mass is 336 g/mol. The van der Waals surface area contributed by atoms with Crippen molar-refractivity contribution >= 4 is 33.1 Å². The zero-order valence-electron chi connectivity index (χ0n) is 10.4. The maximum absolute atomic E-state index is 5.81. The number of hydrogen-bond donors (Lipinski definition) is 1. The molecule has 3 nitrogen and oxygen atoms in total. The summed E-state index contributed by atoms with van der Waals surface area (Å²) in [6.45, 7) is 2.39. The Bertz CT molecular complexity index is 616. The lowest BCUT2D eigenvalue weighted by atomic mass is 10.2. The van der Waals surface area contributed by atoms with Crippen LogP contribution in [0.15, 0.2) is 41.0 Å². The number of thiocarbonyl (C=S) groups is 1. The second-order valence-electron chi connectivity index (χ2n) is 4.07. The third-order valence-corrected chi connectivity index (χ3v) is 3.34. The van der Waals surface area contributed by atoms with Crippen molar-refractivity contribution in [1.82, 2.24) is 4.98 Å². The minimum absolute atomic E-state index is 0.283. The van der Waals surface area contributed by atoms with Crippen molar-refractivity contribution < 1.29 is 4.74 Å². The maximum atomic E-state index is 5.81. The molecule has 0 aliphatic rings. The SMILES string of the molecule is Cc1ccc(Br)cc1OCc1cccnc1C(N)=S.